The van der Waals surface area contributed by atoms with E-state index >= 15 is 0 Å². The number of nitrogens with two attached hydrogens (primary N) is 5. The van der Waals surface area contributed by atoms with Gasteiger partial charge in [-0.1, -0.05) is 6.42 Å². The van der Waals surface area contributed by atoms with E-state index in [1.807, 2.05) is 0 Å². The van der Waals surface area contributed by atoms with Gasteiger partial charge in [0.05, 0.1) is 98.4 Å². The van der Waals surface area contributed by atoms with Crippen molar-refractivity contribution in [1.29, 1.82) is 0 Å². The summed E-state index contributed by atoms with van der Waals surface area (Å²) in [5, 5.41) is 55.9. The van der Waals surface area contributed by atoms with Gasteiger partial charge in [0.1, 0.15) is 0 Å². The van der Waals surface area contributed by atoms with Gasteiger partial charge in [-0.3, -0.25) is 8.37 Å². The van der Waals surface area contributed by atoms with Crippen LogP contribution in [-0.4, -0.2) is 208 Å². The quantitative estimate of drug-likeness (QED) is 0.0185. The van der Waals surface area contributed by atoms with Gasteiger partial charge in [0, 0.05) is 19.8 Å². The molecular formula is C29H82N6Na2O18S2-2. The minimum absolute atomic E-state index is 0. The average Bonchev–Trinajstić information content (AvgIpc) is 3.12. The molecule has 0 spiro atoms. The Morgan fingerprint density at radius 2 is 0.684 bits per heavy atom. The normalized spacial score (nSPS) is 8.98. The van der Waals surface area contributed by atoms with Gasteiger partial charge in [0.15, 0.2) is 0 Å². The second-order valence-corrected chi connectivity index (χ2v) is 12.0. The Bertz CT molecular complexity index is 680. The number of aliphatic hydroxyl groups excluding tert-OH is 7. The predicted molar refractivity (Wildman–Crippen MR) is 212 cm³/mol. The molecule has 0 saturated heterocycles. The maximum Gasteiger partial charge on any atom is 1.00 e. The maximum atomic E-state index is 10.1. The number of rotatable bonds is 24. The van der Waals surface area contributed by atoms with E-state index in [1.54, 1.807) is 0 Å². The Kier molecular flexibility index (Phi) is 158. The van der Waals surface area contributed by atoms with E-state index in [1.165, 1.54) is 0 Å². The van der Waals surface area contributed by atoms with Gasteiger partial charge in [0.25, 0.3) is 20.2 Å². The van der Waals surface area contributed by atoms with Crippen molar-refractivity contribution in [3.05, 3.63) is 13.8 Å². The van der Waals surface area contributed by atoms with Crippen LogP contribution in [0.5, 0.6) is 0 Å². The van der Waals surface area contributed by atoms with Gasteiger partial charge >= 0.3 is 59.1 Å². The van der Waals surface area contributed by atoms with E-state index in [4.69, 9.17) is 78.6 Å². The van der Waals surface area contributed by atoms with Crippen molar-refractivity contribution in [2.24, 2.45) is 28.7 Å². The summed E-state index contributed by atoms with van der Waals surface area (Å²) in [4.78, 5) is 0. The standard InChI is InChI=1S/2C5H13NO2.C4H11NO2.C4H10N.C3H8N.2C3H8O4S.C2H6O2.H3N.2Na.2H2O/c2*6-2-1-4-8-5-3-7;5-1-3-7-4-2-6;1-2-3-4-5;1-2-3-4;2*1-8(5,6)7-3-2-4;3-1-2-4;;;;;/h2*7H,1-6H2;6H,1-5H2;1-5H2;1-4H2;2*4H,2-3H2,1H3;3-4H,1-2H2;1H3;;;2*1H2/q;;;2*-1;;;;;2*+1;;/p-2. The van der Waals surface area contributed by atoms with Crippen molar-refractivity contribution in [2.75, 3.05) is 144 Å². The van der Waals surface area contributed by atoms with Crippen LogP contribution in [0.4, 0.5) is 0 Å². The summed E-state index contributed by atoms with van der Waals surface area (Å²) >= 11 is 0. The van der Waals surface area contributed by atoms with Crippen molar-refractivity contribution in [3.63, 3.8) is 0 Å². The number of unbranched alkanes of at least 4 members (excludes halogenated alkanes) is 1. The fourth-order valence-electron chi connectivity index (χ4n) is 1.48. The zero-order valence-corrected chi connectivity index (χ0v) is 40.8. The first-order chi connectivity index (χ1) is 24.6. The third-order valence-corrected chi connectivity index (χ3v) is 4.68. The summed E-state index contributed by atoms with van der Waals surface area (Å²) in [6.07, 6.45) is 6.49. The first-order valence-electron chi connectivity index (χ1n) is 16.4. The Hall–Kier alpha value is 1.10. The summed E-state index contributed by atoms with van der Waals surface area (Å²) in [6.45, 7) is 12.7. The molecule has 0 amide bonds. The summed E-state index contributed by atoms with van der Waals surface area (Å²) in [5.74, 6) is 0. The van der Waals surface area contributed by atoms with Crippen LogP contribution in [0, 0.1) is 13.8 Å². The molecule has 0 aliphatic rings. The van der Waals surface area contributed by atoms with E-state index in [2.05, 4.69) is 22.2 Å². The van der Waals surface area contributed by atoms with Crippen molar-refractivity contribution >= 4 is 20.2 Å². The van der Waals surface area contributed by atoms with Gasteiger partial charge in [-0.25, -0.2) is 0 Å². The second kappa shape index (κ2) is 96.7. The first-order valence-corrected chi connectivity index (χ1v) is 20.0. The zero-order valence-electron chi connectivity index (χ0n) is 35.2. The van der Waals surface area contributed by atoms with Crippen LogP contribution in [0.1, 0.15) is 32.1 Å². The topological polar surface area (TPSA) is 481 Å². The molecule has 0 heterocycles. The molecule has 28 heteroatoms. The molecule has 0 aromatic rings. The molecule has 0 saturated carbocycles. The van der Waals surface area contributed by atoms with E-state index in [0.717, 1.165) is 51.2 Å². The SMILES string of the molecule is CS(=O)(=O)OCCO.CS(=O)(=O)OCCO.N.NCCCOCCO.NCCCOCCO.NCCOCCO.OCCO.[CH2-]CCCN.[CH2-]CCN.[Na+].[Na+].[OH-].[OH-]. The third kappa shape index (κ3) is 205. The van der Waals surface area contributed by atoms with E-state index in [0.29, 0.717) is 65.8 Å². The second-order valence-electron chi connectivity index (χ2n) is 8.67. The Morgan fingerprint density at radius 3 is 0.807 bits per heavy atom. The molecule has 0 radical (unpaired) electrons. The fourth-order valence-corrected chi connectivity index (χ4v) is 2.23. The van der Waals surface area contributed by atoms with Crippen LogP contribution in [0.3, 0.4) is 0 Å². The van der Waals surface area contributed by atoms with Gasteiger partial charge in [-0.15, -0.1) is 0 Å². The molecule has 0 aromatic carbocycles. The zero-order chi connectivity index (χ0) is 42.2. The van der Waals surface area contributed by atoms with Crippen LogP contribution in [0.25, 0.3) is 0 Å². The van der Waals surface area contributed by atoms with Crippen molar-refractivity contribution in [2.45, 2.75) is 32.1 Å². The van der Waals surface area contributed by atoms with Crippen LogP contribution in [0.15, 0.2) is 0 Å². The smallest absolute Gasteiger partial charge is 0.870 e. The van der Waals surface area contributed by atoms with Gasteiger partial charge in [-0.2, -0.15) is 29.7 Å². The molecule has 0 rings (SSSR count). The Morgan fingerprint density at radius 1 is 0.421 bits per heavy atom. The molecule has 0 aliphatic heterocycles. The molecule has 0 aromatic heterocycles. The van der Waals surface area contributed by atoms with Crippen molar-refractivity contribution in [1.82, 2.24) is 6.15 Å². The molecular weight excluding hydrogens is 830 g/mol. The molecule has 24 nitrogen and oxygen atoms in total. The third-order valence-electron chi connectivity index (χ3n) is 3.49. The first kappa shape index (κ1) is 93.1. The number of aliphatic hydroxyl groups is 7. The summed E-state index contributed by atoms with van der Waals surface area (Å²) in [5.41, 5.74) is 25.5. The monoisotopic (exact) mass is 912 g/mol. The van der Waals surface area contributed by atoms with Gasteiger partial charge in [-0.05, 0) is 39.0 Å². The summed E-state index contributed by atoms with van der Waals surface area (Å²) in [7, 11) is -6.69. The average molecular weight is 913 g/mol. The molecule has 0 aliphatic carbocycles. The van der Waals surface area contributed by atoms with Crippen molar-refractivity contribution in [3.8, 4) is 0 Å². The summed E-state index contributed by atoms with van der Waals surface area (Å²) in [6, 6.07) is 0. The van der Waals surface area contributed by atoms with E-state index in [9.17, 15) is 16.8 Å². The van der Waals surface area contributed by atoms with Crippen LogP contribution < -0.4 is 93.9 Å². The molecule has 0 fully saturated rings. The largest absolute Gasteiger partial charge is 1.00 e. The fraction of sp³-hybridized carbons (Fsp3) is 0.931. The molecule has 0 atom stereocenters. The minimum Gasteiger partial charge on any atom is -0.870 e. The van der Waals surface area contributed by atoms with Crippen LogP contribution >= 0.6 is 0 Å². The molecule has 352 valence electrons. The molecule has 0 unspecified atom stereocenters. The number of hydrogen-bond acceptors (Lipinski definition) is 24. The van der Waals surface area contributed by atoms with Gasteiger partial charge < -0.3 is 110 Å². The Balaban J connectivity index is -0.0000000353. The van der Waals surface area contributed by atoms with E-state index in [-0.39, 0.29) is 136 Å². The van der Waals surface area contributed by atoms with E-state index < -0.39 is 20.2 Å². The molecule has 0 bridgehead atoms. The van der Waals surface area contributed by atoms with Crippen molar-refractivity contribution < 1.29 is 145 Å². The molecule has 22 N–H and O–H groups in total. The number of hydrogen-bond donors (Lipinski definition) is 13. The maximum absolute atomic E-state index is 10.1. The number of ether oxygens (including phenoxy) is 3. The van der Waals surface area contributed by atoms with Gasteiger partial charge in [0.2, 0.25) is 0 Å². The van der Waals surface area contributed by atoms with Crippen LogP contribution in [0.2, 0.25) is 0 Å². The molecule has 57 heavy (non-hydrogen) atoms. The predicted octanol–water partition coefficient (Wildman–Crippen LogP) is -10.9. The van der Waals surface area contributed by atoms with Crippen LogP contribution in [-0.2, 0) is 42.8 Å². The minimum atomic E-state index is -3.35. The Labute approximate surface area is 387 Å². The summed E-state index contributed by atoms with van der Waals surface area (Å²) < 4.78 is 63.0.